The molecule has 0 atom stereocenters. The van der Waals surface area contributed by atoms with Gasteiger partial charge in [0.15, 0.2) is 0 Å². The molecule has 0 saturated heterocycles. The average molecular weight is 313 g/mol. The highest BCUT2D eigenvalue weighted by Gasteiger charge is 2.10. The van der Waals surface area contributed by atoms with E-state index in [0.717, 1.165) is 23.4 Å². The number of rotatable bonds is 7. The number of benzene rings is 2. The molecule has 122 valence electrons. The van der Waals surface area contributed by atoms with Crippen molar-refractivity contribution in [3.63, 3.8) is 0 Å². The first-order valence-corrected chi connectivity index (χ1v) is 7.65. The number of hydrogen-bond donors (Lipinski definition) is 3. The smallest absolute Gasteiger partial charge is 0.267 e. The second-order valence-electron chi connectivity index (χ2n) is 5.46. The maximum atomic E-state index is 11.8. The number of anilines is 1. The van der Waals surface area contributed by atoms with E-state index in [1.54, 1.807) is 0 Å². The van der Waals surface area contributed by atoms with E-state index in [1.807, 2.05) is 56.3 Å². The second kappa shape index (κ2) is 8.19. The summed E-state index contributed by atoms with van der Waals surface area (Å²) in [6, 6.07) is 13.6. The topological polar surface area (TPSA) is 76.4 Å². The first-order valence-electron chi connectivity index (χ1n) is 7.65. The third kappa shape index (κ3) is 5.00. The van der Waals surface area contributed by atoms with Crippen molar-refractivity contribution in [1.82, 2.24) is 5.43 Å². The zero-order valence-corrected chi connectivity index (χ0v) is 13.6. The highest BCUT2D eigenvalue weighted by atomic mass is 16.5. The number of nitrogens with two attached hydrogens (primary N) is 1. The fourth-order valence-electron chi connectivity index (χ4n) is 2.20. The molecule has 2 rings (SSSR count). The van der Waals surface area contributed by atoms with Crippen molar-refractivity contribution in [2.45, 2.75) is 20.3 Å². The first-order chi connectivity index (χ1) is 11.1. The van der Waals surface area contributed by atoms with Crippen LogP contribution in [0, 0.1) is 13.8 Å². The molecule has 0 saturated carbocycles. The minimum atomic E-state index is -0.299. The lowest BCUT2D eigenvalue weighted by atomic mass is 10.1. The summed E-state index contributed by atoms with van der Waals surface area (Å²) in [7, 11) is 0. The van der Waals surface area contributed by atoms with E-state index in [2.05, 4.69) is 10.7 Å². The monoisotopic (exact) mass is 313 g/mol. The van der Waals surface area contributed by atoms with E-state index in [-0.39, 0.29) is 5.91 Å². The Bertz CT molecular complexity index is 654. The van der Waals surface area contributed by atoms with Crippen molar-refractivity contribution in [1.29, 1.82) is 0 Å². The van der Waals surface area contributed by atoms with Crippen LogP contribution in [0.15, 0.2) is 42.5 Å². The maximum absolute atomic E-state index is 11.8. The third-order valence-electron chi connectivity index (χ3n) is 3.48. The minimum Gasteiger partial charge on any atom is -0.494 e. The lowest BCUT2D eigenvalue weighted by Crippen LogP contribution is -2.30. The van der Waals surface area contributed by atoms with E-state index in [4.69, 9.17) is 10.6 Å². The highest BCUT2D eigenvalue weighted by Crippen LogP contribution is 2.17. The summed E-state index contributed by atoms with van der Waals surface area (Å²) in [6.07, 6.45) is 0.825. The van der Waals surface area contributed by atoms with Crippen LogP contribution in [0.5, 0.6) is 5.75 Å². The largest absolute Gasteiger partial charge is 0.494 e. The van der Waals surface area contributed by atoms with Crippen molar-refractivity contribution in [3.8, 4) is 5.75 Å². The third-order valence-corrected chi connectivity index (χ3v) is 3.48. The molecule has 0 fully saturated rings. The van der Waals surface area contributed by atoms with Gasteiger partial charge in [-0.05, 0) is 44.5 Å². The molecule has 0 aliphatic carbocycles. The fourth-order valence-corrected chi connectivity index (χ4v) is 2.20. The molecule has 2 aromatic carbocycles. The summed E-state index contributed by atoms with van der Waals surface area (Å²) in [4.78, 5) is 11.8. The van der Waals surface area contributed by atoms with Crippen LogP contribution in [0.1, 0.15) is 27.9 Å². The van der Waals surface area contributed by atoms with Gasteiger partial charge in [0.2, 0.25) is 0 Å². The number of aryl methyl sites for hydroxylation is 2. The molecule has 5 nitrogen and oxygen atoms in total. The Morgan fingerprint density at radius 2 is 1.78 bits per heavy atom. The van der Waals surface area contributed by atoms with E-state index < -0.39 is 0 Å². The van der Waals surface area contributed by atoms with Crippen molar-refractivity contribution < 1.29 is 9.53 Å². The Morgan fingerprint density at radius 3 is 2.48 bits per heavy atom. The molecule has 1 amide bonds. The number of hydrogen-bond acceptors (Lipinski definition) is 4. The van der Waals surface area contributed by atoms with Gasteiger partial charge in [0.25, 0.3) is 5.91 Å². The number of carbonyl (C=O) groups is 1. The van der Waals surface area contributed by atoms with Gasteiger partial charge in [-0.3, -0.25) is 10.2 Å². The predicted molar refractivity (Wildman–Crippen MR) is 92.6 cm³/mol. The van der Waals surface area contributed by atoms with Crippen molar-refractivity contribution in [2.24, 2.45) is 5.84 Å². The highest BCUT2D eigenvalue weighted by molar-refractivity contribution is 5.99. The summed E-state index contributed by atoms with van der Waals surface area (Å²) in [5, 5.41) is 3.25. The maximum Gasteiger partial charge on any atom is 0.267 e. The molecule has 0 aromatic heterocycles. The van der Waals surface area contributed by atoms with Gasteiger partial charge in [-0.25, -0.2) is 5.84 Å². The van der Waals surface area contributed by atoms with Crippen molar-refractivity contribution >= 4 is 11.6 Å². The quantitative estimate of drug-likeness (QED) is 0.318. The molecule has 0 radical (unpaired) electrons. The van der Waals surface area contributed by atoms with Crippen LogP contribution in [0.4, 0.5) is 5.69 Å². The van der Waals surface area contributed by atoms with E-state index >= 15 is 0 Å². The van der Waals surface area contributed by atoms with Crippen molar-refractivity contribution in [3.05, 3.63) is 59.2 Å². The van der Waals surface area contributed by atoms with Crippen LogP contribution >= 0.6 is 0 Å². The molecule has 0 aliphatic heterocycles. The molecule has 0 bridgehead atoms. The molecule has 2 aromatic rings. The van der Waals surface area contributed by atoms with Gasteiger partial charge >= 0.3 is 0 Å². The molecule has 0 aliphatic rings. The number of nitrogen functional groups attached to an aromatic ring is 1. The Balaban J connectivity index is 1.82. The molecule has 0 heterocycles. The number of ether oxygens (including phenoxy) is 1. The van der Waals surface area contributed by atoms with Crippen LogP contribution in [-0.4, -0.2) is 19.1 Å². The van der Waals surface area contributed by atoms with Gasteiger partial charge in [-0.15, -0.1) is 0 Å². The standard InChI is InChI=1S/C18H23N3O2/c1-13-4-7-15(8-5-13)23-11-3-10-20-17-9-6-14(2)12-16(17)18(22)21-19/h4-9,12,20H,3,10-11,19H2,1-2H3,(H,21,22). The first kappa shape index (κ1) is 16.8. The summed E-state index contributed by atoms with van der Waals surface area (Å²) >= 11 is 0. The fraction of sp³-hybridized carbons (Fsp3) is 0.278. The van der Waals surface area contributed by atoms with Crippen LogP contribution in [-0.2, 0) is 0 Å². The molecule has 5 heteroatoms. The molecule has 23 heavy (non-hydrogen) atoms. The minimum absolute atomic E-state index is 0.299. The zero-order valence-electron chi connectivity index (χ0n) is 13.6. The molecule has 0 unspecified atom stereocenters. The zero-order chi connectivity index (χ0) is 16.7. The summed E-state index contributed by atoms with van der Waals surface area (Å²) in [6.45, 7) is 5.30. The van der Waals surface area contributed by atoms with Gasteiger partial charge in [-0.2, -0.15) is 0 Å². The number of amides is 1. The van der Waals surface area contributed by atoms with Gasteiger partial charge in [0.1, 0.15) is 5.75 Å². The number of nitrogens with one attached hydrogen (secondary N) is 2. The Hall–Kier alpha value is -2.53. The average Bonchev–Trinajstić information content (AvgIpc) is 2.56. The summed E-state index contributed by atoms with van der Waals surface area (Å²) in [5.74, 6) is 5.80. The normalized spacial score (nSPS) is 10.2. The van der Waals surface area contributed by atoms with Crippen molar-refractivity contribution in [2.75, 3.05) is 18.5 Å². The predicted octanol–water partition coefficient (Wildman–Crippen LogP) is 2.79. The Labute approximate surface area is 136 Å². The van der Waals surface area contributed by atoms with Gasteiger partial charge in [0.05, 0.1) is 12.2 Å². The van der Waals surface area contributed by atoms with Crippen LogP contribution in [0.2, 0.25) is 0 Å². The SMILES string of the molecule is Cc1ccc(OCCCNc2ccc(C)cc2C(=O)NN)cc1. The van der Waals surface area contributed by atoms with E-state index in [1.165, 1.54) is 5.56 Å². The van der Waals surface area contributed by atoms with E-state index in [0.29, 0.717) is 18.7 Å². The lowest BCUT2D eigenvalue weighted by molar-refractivity contribution is 0.0954. The van der Waals surface area contributed by atoms with Gasteiger partial charge in [0, 0.05) is 12.2 Å². The molecule has 4 N–H and O–H groups in total. The summed E-state index contributed by atoms with van der Waals surface area (Å²) in [5.41, 5.74) is 5.72. The van der Waals surface area contributed by atoms with Gasteiger partial charge in [-0.1, -0.05) is 29.3 Å². The van der Waals surface area contributed by atoms with Crippen LogP contribution in [0.3, 0.4) is 0 Å². The number of carbonyl (C=O) groups excluding carboxylic acids is 1. The number of hydrazine groups is 1. The summed E-state index contributed by atoms with van der Waals surface area (Å²) < 4.78 is 5.68. The van der Waals surface area contributed by atoms with Crippen LogP contribution < -0.4 is 21.3 Å². The van der Waals surface area contributed by atoms with Gasteiger partial charge < -0.3 is 10.1 Å². The lowest BCUT2D eigenvalue weighted by Gasteiger charge is -2.12. The van der Waals surface area contributed by atoms with Crippen LogP contribution in [0.25, 0.3) is 0 Å². The Morgan fingerprint density at radius 1 is 1.09 bits per heavy atom. The van der Waals surface area contributed by atoms with E-state index in [9.17, 15) is 4.79 Å². The molecular weight excluding hydrogens is 290 g/mol. The molecular formula is C18H23N3O2. The second-order valence-corrected chi connectivity index (χ2v) is 5.46. The Kier molecular flexibility index (Phi) is 6.00. The molecule has 0 spiro atoms.